The number of anilines is 1. The largest absolute Gasteiger partial charge is 0.350 e. The molecule has 0 aliphatic rings. The van der Waals surface area contributed by atoms with Crippen LogP contribution in [0.15, 0.2) is 66.9 Å². The molecule has 6 heteroatoms. The third kappa shape index (κ3) is 5.10. The van der Waals surface area contributed by atoms with E-state index in [4.69, 9.17) is 0 Å². The van der Waals surface area contributed by atoms with E-state index in [2.05, 4.69) is 15.3 Å². The van der Waals surface area contributed by atoms with Gasteiger partial charge in [0.2, 0.25) is 5.95 Å². The summed E-state index contributed by atoms with van der Waals surface area (Å²) in [5.74, 6) is -0.0951. The van der Waals surface area contributed by atoms with Crippen LogP contribution >= 0.6 is 0 Å². The molecule has 1 heterocycles. The molecule has 0 saturated carbocycles. The Labute approximate surface area is 157 Å². The number of carbonyl (C=O) groups is 1. The molecular weight excluding hydrogens is 343 g/mol. The van der Waals surface area contributed by atoms with Crippen molar-refractivity contribution in [2.24, 2.45) is 0 Å². The maximum absolute atomic E-state index is 13.6. The number of nitrogens with one attached hydrogen (secondary N) is 1. The molecule has 0 fully saturated rings. The van der Waals surface area contributed by atoms with Gasteiger partial charge in [-0.25, -0.2) is 14.4 Å². The van der Waals surface area contributed by atoms with Crippen LogP contribution in [-0.4, -0.2) is 29.5 Å². The first-order chi connectivity index (χ1) is 13.1. The molecular formula is C21H21FN4O. The van der Waals surface area contributed by atoms with Crippen LogP contribution in [0.2, 0.25) is 0 Å². The van der Waals surface area contributed by atoms with Crippen molar-refractivity contribution < 1.29 is 9.18 Å². The van der Waals surface area contributed by atoms with Gasteiger partial charge in [-0.05, 0) is 29.7 Å². The van der Waals surface area contributed by atoms with Gasteiger partial charge in [0.05, 0.1) is 0 Å². The molecule has 27 heavy (non-hydrogen) atoms. The highest BCUT2D eigenvalue weighted by atomic mass is 19.1. The Morgan fingerprint density at radius 2 is 1.81 bits per heavy atom. The summed E-state index contributed by atoms with van der Waals surface area (Å²) >= 11 is 0. The van der Waals surface area contributed by atoms with Gasteiger partial charge in [-0.1, -0.05) is 48.5 Å². The van der Waals surface area contributed by atoms with Gasteiger partial charge in [0.25, 0.3) is 5.91 Å². The second-order valence-corrected chi connectivity index (χ2v) is 6.18. The number of amides is 1. The van der Waals surface area contributed by atoms with Crippen molar-refractivity contribution in [1.29, 1.82) is 0 Å². The number of halogens is 1. The number of hydrogen-bond donors (Lipinski definition) is 1. The van der Waals surface area contributed by atoms with E-state index in [1.807, 2.05) is 42.3 Å². The maximum Gasteiger partial charge on any atom is 0.270 e. The highest BCUT2D eigenvalue weighted by Crippen LogP contribution is 2.11. The van der Waals surface area contributed by atoms with Crippen LogP contribution in [0.1, 0.15) is 21.6 Å². The molecule has 2 aromatic carbocycles. The molecule has 1 aromatic heterocycles. The number of benzene rings is 2. The van der Waals surface area contributed by atoms with Crippen molar-refractivity contribution >= 4 is 11.9 Å². The molecule has 0 aliphatic heterocycles. The summed E-state index contributed by atoms with van der Waals surface area (Å²) in [7, 11) is 1.88. The van der Waals surface area contributed by atoms with E-state index >= 15 is 0 Å². The molecule has 0 unspecified atom stereocenters. The Morgan fingerprint density at radius 3 is 2.59 bits per heavy atom. The van der Waals surface area contributed by atoms with E-state index in [1.165, 1.54) is 6.07 Å². The predicted octanol–water partition coefficient (Wildman–Crippen LogP) is 3.22. The summed E-state index contributed by atoms with van der Waals surface area (Å²) < 4.78 is 13.6. The summed E-state index contributed by atoms with van der Waals surface area (Å²) in [6.07, 6.45) is 1.99. The minimum Gasteiger partial charge on any atom is -0.350 e. The van der Waals surface area contributed by atoms with E-state index in [1.54, 1.807) is 30.5 Å². The predicted molar refractivity (Wildman–Crippen MR) is 103 cm³/mol. The van der Waals surface area contributed by atoms with Crippen LogP contribution in [0.25, 0.3) is 0 Å². The third-order valence-corrected chi connectivity index (χ3v) is 4.12. The normalized spacial score (nSPS) is 10.4. The van der Waals surface area contributed by atoms with E-state index in [9.17, 15) is 9.18 Å². The smallest absolute Gasteiger partial charge is 0.270 e. The SMILES string of the molecule is CN(Cc1ccccc1)c1nccc(C(=O)NCCc2ccccc2F)n1. The lowest BCUT2D eigenvalue weighted by Gasteiger charge is -2.17. The molecule has 3 aromatic rings. The molecule has 5 nitrogen and oxygen atoms in total. The fourth-order valence-electron chi connectivity index (χ4n) is 2.69. The van der Waals surface area contributed by atoms with Gasteiger partial charge in [-0.3, -0.25) is 4.79 Å². The van der Waals surface area contributed by atoms with Gasteiger partial charge in [0.1, 0.15) is 11.5 Å². The van der Waals surface area contributed by atoms with Gasteiger partial charge in [0.15, 0.2) is 0 Å². The second kappa shape index (κ2) is 8.89. The minimum atomic E-state index is -0.303. The zero-order chi connectivity index (χ0) is 19.1. The molecule has 0 saturated heterocycles. The van der Waals surface area contributed by atoms with Gasteiger partial charge < -0.3 is 10.2 Å². The van der Waals surface area contributed by atoms with Crippen LogP contribution < -0.4 is 10.2 Å². The first kappa shape index (κ1) is 18.5. The van der Waals surface area contributed by atoms with Crippen molar-refractivity contribution in [3.63, 3.8) is 0 Å². The summed E-state index contributed by atoms with van der Waals surface area (Å²) in [6.45, 7) is 0.970. The van der Waals surface area contributed by atoms with Crippen LogP contribution in [0.4, 0.5) is 10.3 Å². The number of nitrogens with zero attached hydrogens (tertiary/aromatic N) is 3. The summed E-state index contributed by atoms with van der Waals surface area (Å²) in [4.78, 5) is 22.8. The zero-order valence-corrected chi connectivity index (χ0v) is 15.1. The topological polar surface area (TPSA) is 58.1 Å². The first-order valence-electron chi connectivity index (χ1n) is 8.73. The average Bonchev–Trinajstić information content (AvgIpc) is 2.70. The third-order valence-electron chi connectivity index (χ3n) is 4.12. The quantitative estimate of drug-likeness (QED) is 0.699. The fraction of sp³-hybridized carbons (Fsp3) is 0.190. The van der Waals surface area contributed by atoms with E-state index in [-0.39, 0.29) is 17.4 Å². The van der Waals surface area contributed by atoms with Crippen LogP contribution in [-0.2, 0) is 13.0 Å². The number of rotatable bonds is 7. The van der Waals surface area contributed by atoms with E-state index in [0.29, 0.717) is 31.0 Å². The second-order valence-electron chi connectivity index (χ2n) is 6.18. The highest BCUT2D eigenvalue weighted by Gasteiger charge is 2.11. The van der Waals surface area contributed by atoms with Crippen molar-refractivity contribution in [3.05, 3.63) is 89.5 Å². The molecule has 0 spiro atoms. The standard InChI is InChI=1S/C21H21FN4O/c1-26(15-16-7-3-2-4-8-16)21-24-14-12-19(25-21)20(27)23-13-11-17-9-5-6-10-18(17)22/h2-10,12,14H,11,13,15H2,1H3,(H,23,27). The molecule has 3 rings (SSSR count). The number of aromatic nitrogens is 2. The number of carbonyl (C=O) groups excluding carboxylic acids is 1. The Hall–Kier alpha value is -3.28. The van der Waals surface area contributed by atoms with Crippen molar-refractivity contribution in [3.8, 4) is 0 Å². The number of hydrogen-bond acceptors (Lipinski definition) is 4. The lowest BCUT2D eigenvalue weighted by molar-refractivity contribution is 0.0949. The Balaban J connectivity index is 1.59. The van der Waals surface area contributed by atoms with Crippen molar-refractivity contribution in [1.82, 2.24) is 15.3 Å². The van der Waals surface area contributed by atoms with Crippen molar-refractivity contribution in [2.75, 3.05) is 18.5 Å². The lowest BCUT2D eigenvalue weighted by Crippen LogP contribution is -2.28. The lowest BCUT2D eigenvalue weighted by atomic mass is 10.1. The van der Waals surface area contributed by atoms with Crippen LogP contribution in [0.5, 0.6) is 0 Å². The maximum atomic E-state index is 13.6. The van der Waals surface area contributed by atoms with Crippen LogP contribution in [0.3, 0.4) is 0 Å². The van der Waals surface area contributed by atoms with Crippen LogP contribution in [0, 0.1) is 5.82 Å². The van der Waals surface area contributed by atoms with E-state index in [0.717, 1.165) is 5.56 Å². The summed E-state index contributed by atoms with van der Waals surface area (Å²) in [5, 5.41) is 2.78. The Bertz CT molecular complexity index is 901. The zero-order valence-electron chi connectivity index (χ0n) is 15.1. The minimum absolute atomic E-state index is 0.265. The highest BCUT2D eigenvalue weighted by molar-refractivity contribution is 5.92. The summed E-state index contributed by atoms with van der Waals surface area (Å²) in [5.41, 5.74) is 1.99. The molecule has 0 aliphatic carbocycles. The molecule has 0 bridgehead atoms. The molecule has 138 valence electrons. The molecule has 1 amide bonds. The molecule has 1 N–H and O–H groups in total. The van der Waals surface area contributed by atoms with E-state index < -0.39 is 0 Å². The monoisotopic (exact) mass is 364 g/mol. The fourth-order valence-corrected chi connectivity index (χ4v) is 2.69. The Morgan fingerprint density at radius 1 is 1.07 bits per heavy atom. The van der Waals surface area contributed by atoms with Gasteiger partial charge in [-0.15, -0.1) is 0 Å². The van der Waals surface area contributed by atoms with Gasteiger partial charge in [0, 0.05) is 26.3 Å². The van der Waals surface area contributed by atoms with Crippen molar-refractivity contribution in [2.45, 2.75) is 13.0 Å². The van der Waals surface area contributed by atoms with Gasteiger partial charge in [-0.2, -0.15) is 0 Å². The summed E-state index contributed by atoms with van der Waals surface area (Å²) in [6, 6.07) is 18.1. The average molecular weight is 364 g/mol. The molecule has 0 atom stereocenters. The van der Waals surface area contributed by atoms with Gasteiger partial charge >= 0.3 is 0 Å². The molecule has 0 radical (unpaired) electrons. The first-order valence-corrected chi connectivity index (χ1v) is 8.73. The Kier molecular flexibility index (Phi) is 6.10.